The third-order valence-corrected chi connectivity index (χ3v) is 8.22. The SMILES string of the molecule is CCOc1cc(C=Nn2c(-c3cc4cc(Br)ccc4o3)nc3ccccc3c2=O)c(Br)c(Br)c1OCC(N)=O. The lowest BCUT2D eigenvalue weighted by atomic mass is 10.2. The number of carbonyl (C=O) groups is 1. The van der Waals surface area contributed by atoms with Crippen LogP contribution in [0.3, 0.4) is 0 Å². The number of aromatic nitrogens is 2. The van der Waals surface area contributed by atoms with Gasteiger partial charge in [-0.15, -0.1) is 0 Å². The van der Waals surface area contributed by atoms with E-state index in [4.69, 9.17) is 24.6 Å². The number of carbonyl (C=O) groups excluding carboxylic acids is 1. The van der Waals surface area contributed by atoms with E-state index < -0.39 is 5.91 Å². The molecule has 0 aliphatic carbocycles. The van der Waals surface area contributed by atoms with Crippen LogP contribution in [0.2, 0.25) is 0 Å². The van der Waals surface area contributed by atoms with Crippen molar-refractivity contribution in [3.63, 3.8) is 0 Å². The van der Waals surface area contributed by atoms with Gasteiger partial charge in [-0.05, 0) is 81.2 Å². The van der Waals surface area contributed by atoms with Crippen LogP contribution in [-0.4, -0.2) is 35.0 Å². The highest BCUT2D eigenvalue weighted by Crippen LogP contribution is 2.42. The molecule has 12 heteroatoms. The third-order valence-electron chi connectivity index (χ3n) is 5.58. The molecule has 5 aromatic rings. The number of para-hydroxylation sites is 1. The van der Waals surface area contributed by atoms with Gasteiger partial charge in [0.2, 0.25) is 5.82 Å². The molecule has 5 rings (SSSR count). The van der Waals surface area contributed by atoms with Gasteiger partial charge >= 0.3 is 0 Å². The first kappa shape index (κ1) is 27.1. The highest BCUT2D eigenvalue weighted by Gasteiger charge is 2.19. The van der Waals surface area contributed by atoms with Crippen molar-refractivity contribution in [2.24, 2.45) is 10.8 Å². The van der Waals surface area contributed by atoms with Gasteiger partial charge < -0.3 is 19.6 Å². The molecule has 39 heavy (non-hydrogen) atoms. The number of hydrogen-bond donors (Lipinski definition) is 1. The molecular formula is C27H19Br3N4O5. The fourth-order valence-corrected chi connectivity index (χ4v) is 5.19. The Hall–Kier alpha value is -3.48. The summed E-state index contributed by atoms with van der Waals surface area (Å²) in [4.78, 5) is 29.6. The fraction of sp³-hybridized carbons (Fsp3) is 0.111. The maximum Gasteiger partial charge on any atom is 0.282 e. The van der Waals surface area contributed by atoms with Crippen LogP contribution in [0.4, 0.5) is 0 Å². The number of ether oxygens (including phenoxy) is 2. The third kappa shape index (κ3) is 5.49. The van der Waals surface area contributed by atoms with Crippen molar-refractivity contribution in [2.45, 2.75) is 6.92 Å². The molecule has 198 valence electrons. The van der Waals surface area contributed by atoms with E-state index in [0.29, 0.717) is 54.9 Å². The van der Waals surface area contributed by atoms with Gasteiger partial charge in [0.25, 0.3) is 11.5 Å². The van der Waals surface area contributed by atoms with Crippen molar-refractivity contribution < 1.29 is 18.7 Å². The fourth-order valence-electron chi connectivity index (χ4n) is 3.87. The normalized spacial score (nSPS) is 11.5. The van der Waals surface area contributed by atoms with E-state index in [1.165, 1.54) is 10.9 Å². The number of nitrogens with zero attached hydrogens (tertiary/aromatic N) is 3. The molecule has 0 saturated heterocycles. The molecule has 2 heterocycles. The molecule has 0 spiro atoms. The second-order valence-corrected chi connectivity index (χ2v) is 10.7. The lowest BCUT2D eigenvalue weighted by Gasteiger charge is -2.15. The van der Waals surface area contributed by atoms with E-state index in [0.717, 1.165) is 9.86 Å². The van der Waals surface area contributed by atoms with E-state index in [-0.39, 0.29) is 18.0 Å². The van der Waals surface area contributed by atoms with E-state index in [9.17, 15) is 9.59 Å². The van der Waals surface area contributed by atoms with Gasteiger partial charge in [-0.1, -0.05) is 28.1 Å². The molecule has 2 N–H and O–H groups in total. The summed E-state index contributed by atoms with van der Waals surface area (Å²) in [5.74, 6) is 0.665. The van der Waals surface area contributed by atoms with E-state index in [1.807, 2.05) is 37.3 Å². The summed E-state index contributed by atoms with van der Waals surface area (Å²) in [6, 6.07) is 16.2. The van der Waals surface area contributed by atoms with Crippen LogP contribution < -0.4 is 20.8 Å². The minimum absolute atomic E-state index is 0.240. The Labute approximate surface area is 247 Å². The Morgan fingerprint density at radius 3 is 2.67 bits per heavy atom. The van der Waals surface area contributed by atoms with Crippen molar-refractivity contribution >= 4 is 81.8 Å². The van der Waals surface area contributed by atoms with Crippen molar-refractivity contribution in [2.75, 3.05) is 13.2 Å². The predicted octanol–water partition coefficient (Wildman–Crippen LogP) is 6.24. The number of halogens is 3. The van der Waals surface area contributed by atoms with Gasteiger partial charge in [0.1, 0.15) is 5.58 Å². The number of amides is 1. The maximum atomic E-state index is 13.6. The monoisotopic (exact) mass is 716 g/mol. The van der Waals surface area contributed by atoms with Gasteiger partial charge in [-0.25, -0.2) is 4.98 Å². The predicted molar refractivity (Wildman–Crippen MR) is 160 cm³/mol. The molecule has 0 fully saturated rings. The average Bonchev–Trinajstić information content (AvgIpc) is 3.33. The summed E-state index contributed by atoms with van der Waals surface area (Å²) in [5.41, 5.74) is 6.60. The zero-order valence-electron chi connectivity index (χ0n) is 20.3. The molecule has 0 saturated carbocycles. The lowest BCUT2D eigenvalue weighted by molar-refractivity contribution is -0.119. The second kappa shape index (κ2) is 11.3. The van der Waals surface area contributed by atoms with Crippen LogP contribution in [-0.2, 0) is 4.79 Å². The molecule has 0 radical (unpaired) electrons. The summed E-state index contributed by atoms with van der Waals surface area (Å²) in [7, 11) is 0. The Bertz CT molecular complexity index is 1830. The molecule has 0 aliphatic heterocycles. The summed E-state index contributed by atoms with van der Waals surface area (Å²) >= 11 is 10.5. The molecular weight excluding hydrogens is 700 g/mol. The number of hydrogen-bond acceptors (Lipinski definition) is 7. The molecule has 0 aliphatic rings. The second-order valence-electron chi connectivity index (χ2n) is 8.22. The Morgan fingerprint density at radius 2 is 1.90 bits per heavy atom. The number of nitrogens with two attached hydrogens (primary N) is 1. The topological polar surface area (TPSA) is 122 Å². The number of fused-ring (bicyclic) bond motifs is 2. The molecule has 0 unspecified atom stereocenters. The standard InChI is InChI=1S/C27H19Br3N4O5/c1-2-37-20-11-15(23(29)24(30)25(20)38-13-22(31)35)12-32-34-26(33-18-6-4-3-5-17(18)27(34)36)21-10-14-9-16(28)7-8-19(14)39-21/h3-12H,2,13H2,1H3,(H2,31,35). The van der Waals surface area contributed by atoms with Gasteiger partial charge in [0.05, 0.1) is 28.2 Å². The molecule has 0 bridgehead atoms. The number of benzene rings is 3. The zero-order chi connectivity index (χ0) is 27.7. The number of furan rings is 1. The van der Waals surface area contributed by atoms with Crippen molar-refractivity contribution in [1.82, 2.24) is 9.66 Å². The van der Waals surface area contributed by atoms with Crippen molar-refractivity contribution in [3.05, 3.63) is 83.9 Å². The Balaban J connectivity index is 1.67. The largest absolute Gasteiger partial charge is 0.490 e. The number of primary amides is 1. The van der Waals surface area contributed by atoms with E-state index in [1.54, 1.807) is 24.3 Å². The van der Waals surface area contributed by atoms with E-state index >= 15 is 0 Å². The lowest BCUT2D eigenvalue weighted by Crippen LogP contribution is -2.21. The Morgan fingerprint density at radius 1 is 1.10 bits per heavy atom. The van der Waals surface area contributed by atoms with Crippen LogP contribution >= 0.6 is 47.8 Å². The van der Waals surface area contributed by atoms with Crippen LogP contribution in [0.25, 0.3) is 33.5 Å². The molecule has 9 nitrogen and oxygen atoms in total. The first-order valence-corrected chi connectivity index (χ1v) is 14.0. The van der Waals surface area contributed by atoms with Crippen LogP contribution in [0.15, 0.2) is 82.3 Å². The van der Waals surface area contributed by atoms with Crippen molar-refractivity contribution in [3.8, 4) is 23.1 Å². The van der Waals surface area contributed by atoms with Crippen LogP contribution in [0, 0.1) is 0 Å². The first-order valence-electron chi connectivity index (χ1n) is 11.6. The molecule has 2 aromatic heterocycles. The van der Waals surface area contributed by atoms with Crippen LogP contribution in [0.5, 0.6) is 11.5 Å². The number of rotatable bonds is 8. The smallest absolute Gasteiger partial charge is 0.282 e. The minimum atomic E-state index is -0.625. The quantitative estimate of drug-likeness (QED) is 0.190. The summed E-state index contributed by atoms with van der Waals surface area (Å²) in [6.07, 6.45) is 1.50. The van der Waals surface area contributed by atoms with E-state index in [2.05, 4.69) is 52.9 Å². The zero-order valence-corrected chi connectivity index (χ0v) is 25.0. The van der Waals surface area contributed by atoms with Gasteiger partial charge in [0, 0.05) is 19.9 Å². The maximum absolute atomic E-state index is 13.6. The summed E-state index contributed by atoms with van der Waals surface area (Å²) < 4.78 is 20.5. The summed E-state index contributed by atoms with van der Waals surface area (Å²) in [6.45, 7) is 1.84. The Kier molecular flexibility index (Phi) is 7.87. The first-order chi connectivity index (χ1) is 18.8. The molecule has 3 aromatic carbocycles. The summed E-state index contributed by atoms with van der Waals surface area (Å²) in [5, 5.41) is 5.77. The van der Waals surface area contributed by atoms with Crippen molar-refractivity contribution in [1.29, 1.82) is 0 Å². The van der Waals surface area contributed by atoms with Gasteiger partial charge in [0.15, 0.2) is 23.9 Å². The molecule has 1 amide bonds. The highest BCUT2D eigenvalue weighted by atomic mass is 79.9. The van der Waals surface area contributed by atoms with Gasteiger partial charge in [-0.3, -0.25) is 9.59 Å². The minimum Gasteiger partial charge on any atom is -0.490 e. The average molecular weight is 719 g/mol. The highest BCUT2D eigenvalue weighted by molar-refractivity contribution is 9.13. The van der Waals surface area contributed by atoms with Crippen LogP contribution in [0.1, 0.15) is 12.5 Å². The molecule has 0 atom stereocenters. The van der Waals surface area contributed by atoms with Gasteiger partial charge in [-0.2, -0.15) is 9.78 Å².